The highest BCUT2D eigenvalue weighted by Gasteiger charge is 2.22. The van der Waals surface area contributed by atoms with Gasteiger partial charge in [-0.3, -0.25) is 14.5 Å². The van der Waals surface area contributed by atoms with E-state index in [0.717, 1.165) is 73.5 Å². The molecule has 0 radical (unpaired) electrons. The average molecular weight is 420 g/mol. The van der Waals surface area contributed by atoms with Crippen LogP contribution in [0.5, 0.6) is 0 Å². The van der Waals surface area contributed by atoms with E-state index in [1.54, 1.807) is 12.4 Å². The van der Waals surface area contributed by atoms with Gasteiger partial charge in [0.2, 0.25) is 0 Å². The van der Waals surface area contributed by atoms with Gasteiger partial charge in [-0.15, -0.1) is 0 Å². The molecular formula is C23H29N7O. The molecule has 2 aromatic heterocycles. The van der Waals surface area contributed by atoms with E-state index in [0.29, 0.717) is 11.6 Å². The van der Waals surface area contributed by atoms with Crippen LogP contribution in [0.1, 0.15) is 43.1 Å². The second-order valence-electron chi connectivity index (χ2n) is 8.84. The third-order valence-corrected chi connectivity index (χ3v) is 6.28. The number of benzene rings is 1. The molecule has 31 heavy (non-hydrogen) atoms. The van der Waals surface area contributed by atoms with Crippen LogP contribution in [-0.4, -0.2) is 51.8 Å². The van der Waals surface area contributed by atoms with Crippen LogP contribution in [0, 0.1) is 5.92 Å². The van der Waals surface area contributed by atoms with Crippen molar-refractivity contribution in [3.05, 3.63) is 36.4 Å². The molecular weight excluding hydrogens is 390 g/mol. The molecule has 1 aromatic carbocycles. The largest absolute Gasteiger partial charge is 0.370 e. The minimum Gasteiger partial charge on any atom is -0.370 e. The van der Waals surface area contributed by atoms with Crippen LogP contribution in [0.3, 0.4) is 0 Å². The summed E-state index contributed by atoms with van der Waals surface area (Å²) in [6, 6.07) is 4.10. The number of nitrogens with one attached hydrogen (secondary N) is 1. The molecule has 8 nitrogen and oxygen atoms in total. The molecule has 8 heteroatoms. The molecule has 0 aliphatic carbocycles. The van der Waals surface area contributed by atoms with Crippen molar-refractivity contribution in [2.75, 3.05) is 41.3 Å². The molecule has 4 heterocycles. The monoisotopic (exact) mass is 419 g/mol. The first-order valence-electron chi connectivity index (χ1n) is 11.2. The normalized spacial score (nSPS) is 19.2. The van der Waals surface area contributed by atoms with Crippen LogP contribution in [0.25, 0.3) is 10.9 Å². The van der Waals surface area contributed by atoms with E-state index in [9.17, 15) is 4.79 Å². The Morgan fingerprint density at radius 1 is 1.10 bits per heavy atom. The minimum atomic E-state index is -0.233. The summed E-state index contributed by atoms with van der Waals surface area (Å²) < 4.78 is 1.81. The molecule has 0 spiro atoms. The molecule has 3 aromatic rings. The molecule has 1 N–H and O–H groups in total. The molecule has 2 aliphatic rings. The third-order valence-electron chi connectivity index (χ3n) is 6.28. The Balaban J connectivity index is 1.44. The van der Waals surface area contributed by atoms with Gasteiger partial charge in [0.05, 0.1) is 29.3 Å². The van der Waals surface area contributed by atoms with E-state index >= 15 is 0 Å². The number of aryl methyl sites for hydroxylation is 1. The summed E-state index contributed by atoms with van der Waals surface area (Å²) in [4.78, 5) is 26.6. The van der Waals surface area contributed by atoms with Gasteiger partial charge in [-0.25, -0.2) is 4.98 Å². The summed E-state index contributed by atoms with van der Waals surface area (Å²) in [6.07, 6.45) is 9.98. The molecule has 1 amide bonds. The Labute approximate surface area is 182 Å². The third kappa shape index (κ3) is 4.06. The van der Waals surface area contributed by atoms with Crippen molar-refractivity contribution < 1.29 is 4.79 Å². The smallest absolute Gasteiger partial charge is 0.276 e. The maximum Gasteiger partial charge on any atom is 0.276 e. The molecule has 5 rings (SSSR count). The van der Waals surface area contributed by atoms with Gasteiger partial charge in [0, 0.05) is 44.8 Å². The Morgan fingerprint density at radius 2 is 1.94 bits per heavy atom. The van der Waals surface area contributed by atoms with E-state index in [-0.39, 0.29) is 5.91 Å². The summed E-state index contributed by atoms with van der Waals surface area (Å²) >= 11 is 0. The average Bonchev–Trinajstić information content (AvgIpc) is 3.38. The molecule has 2 fully saturated rings. The first-order chi connectivity index (χ1) is 15.1. The van der Waals surface area contributed by atoms with Crippen LogP contribution >= 0.6 is 0 Å². The van der Waals surface area contributed by atoms with Crippen molar-refractivity contribution >= 4 is 34.0 Å². The van der Waals surface area contributed by atoms with Crippen molar-refractivity contribution in [1.82, 2.24) is 19.7 Å². The van der Waals surface area contributed by atoms with Gasteiger partial charge in [0.15, 0.2) is 0 Å². The summed E-state index contributed by atoms with van der Waals surface area (Å²) in [5.74, 6) is 1.18. The van der Waals surface area contributed by atoms with Gasteiger partial charge in [0.1, 0.15) is 11.5 Å². The van der Waals surface area contributed by atoms with Crippen LogP contribution in [0.4, 0.5) is 17.2 Å². The first kappa shape index (κ1) is 19.8. The maximum absolute atomic E-state index is 13.2. The molecule has 0 bridgehead atoms. The molecule has 1 unspecified atom stereocenters. The van der Waals surface area contributed by atoms with Gasteiger partial charge in [-0.2, -0.15) is 5.10 Å². The zero-order valence-corrected chi connectivity index (χ0v) is 18.2. The van der Waals surface area contributed by atoms with E-state index in [2.05, 4.69) is 43.2 Å². The summed E-state index contributed by atoms with van der Waals surface area (Å²) in [5, 5.41) is 8.68. The molecule has 162 valence electrons. The standard InChI is InChI=1S/C23H29N7O/c1-16-6-9-30(14-16)22-13-24-12-20(25-22)23(31)26-19-10-17-15-28(2)27-18(17)11-21(19)29-7-4-3-5-8-29/h10-13,15-16H,3-9,14H2,1-2H3,(H,26,31). The highest BCUT2D eigenvalue weighted by molar-refractivity contribution is 6.06. The topological polar surface area (TPSA) is 79.2 Å². The van der Waals surface area contributed by atoms with Crippen molar-refractivity contribution in [3.63, 3.8) is 0 Å². The number of nitrogens with zero attached hydrogens (tertiary/aromatic N) is 6. The van der Waals surface area contributed by atoms with E-state index in [4.69, 9.17) is 0 Å². The summed E-state index contributed by atoms with van der Waals surface area (Å²) in [7, 11) is 1.92. The van der Waals surface area contributed by atoms with Gasteiger partial charge in [-0.05, 0) is 43.7 Å². The van der Waals surface area contributed by atoms with Crippen molar-refractivity contribution in [3.8, 4) is 0 Å². The number of amides is 1. The minimum absolute atomic E-state index is 0.233. The van der Waals surface area contributed by atoms with Crippen LogP contribution in [-0.2, 0) is 7.05 Å². The summed E-state index contributed by atoms with van der Waals surface area (Å²) in [5.41, 5.74) is 3.10. The summed E-state index contributed by atoms with van der Waals surface area (Å²) in [6.45, 7) is 6.13. The van der Waals surface area contributed by atoms with Gasteiger partial charge < -0.3 is 15.1 Å². The number of carbonyl (C=O) groups is 1. The Kier molecular flexibility index (Phi) is 5.21. The number of hydrogen-bond acceptors (Lipinski definition) is 6. The number of hydrogen-bond donors (Lipinski definition) is 1. The highest BCUT2D eigenvalue weighted by Crippen LogP contribution is 2.33. The molecule has 1 atom stereocenters. The van der Waals surface area contributed by atoms with Crippen molar-refractivity contribution in [2.24, 2.45) is 13.0 Å². The van der Waals surface area contributed by atoms with Crippen molar-refractivity contribution in [1.29, 1.82) is 0 Å². The second kappa shape index (κ2) is 8.17. The predicted molar refractivity (Wildman–Crippen MR) is 123 cm³/mol. The van der Waals surface area contributed by atoms with Crippen LogP contribution in [0.15, 0.2) is 30.7 Å². The molecule has 0 saturated carbocycles. The quantitative estimate of drug-likeness (QED) is 0.698. The number of carbonyl (C=O) groups excluding carboxylic acids is 1. The van der Waals surface area contributed by atoms with Gasteiger partial charge in [0.25, 0.3) is 5.91 Å². The van der Waals surface area contributed by atoms with Crippen LogP contribution in [0.2, 0.25) is 0 Å². The maximum atomic E-state index is 13.2. The first-order valence-corrected chi connectivity index (χ1v) is 11.2. The lowest BCUT2D eigenvalue weighted by Crippen LogP contribution is -2.30. The lowest BCUT2D eigenvalue weighted by Gasteiger charge is -2.30. The van der Waals surface area contributed by atoms with E-state index in [1.165, 1.54) is 6.42 Å². The van der Waals surface area contributed by atoms with E-state index in [1.807, 2.05) is 24.0 Å². The number of rotatable bonds is 4. The molecule has 2 aliphatic heterocycles. The number of piperidine rings is 1. The zero-order valence-electron chi connectivity index (χ0n) is 18.2. The Bertz CT molecular complexity index is 1100. The zero-order chi connectivity index (χ0) is 21.4. The van der Waals surface area contributed by atoms with Gasteiger partial charge in [-0.1, -0.05) is 6.92 Å². The molecule has 2 saturated heterocycles. The SMILES string of the molecule is CC1CCN(c2cncc(C(=O)Nc3cc4cn(C)nc4cc3N3CCCCC3)n2)C1. The lowest BCUT2D eigenvalue weighted by atomic mass is 10.1. The predicted octanol–water partition coefficient (Wildman–Crippen LogP) is 3.45. The number of anilines is 3. The van der Waals surface area contributed by atoms with E-state index < -0.39 is 0 Å². The van der Waals surface area contributed by atoms with Crippen molar-refractivity contribution in [2.45, 2.75) is 32.6 Å². The Morgan fingerprint density at radius 3 is 2.71 bits per heavy atom. The second-order valence-corrected chi connectivity index (χ2v) is 8.84. The highest BCUT2D eigenvalue weighted by atomic mass is 16.1. The number of fused-ring (bicyclic) bond motifs is 1. The van der Waals surface area contributed by atoms with Gasteiger partial charge >= 0.3 is 0 Å². The number of aromatic nitrogens is 4. The fourth-order valence-corrected chi connectivity index (χ4v) is 4.63. The Hall–Kier alpha value is -3.16. The van der Waals surface area contributed by atoms with Crippen LogP contribution < -0.4 is 15.1 Å². The fraction of sp³-hybridized carbons (Fsp3) is 0.478. The fourth-order valence-electron chi connectivity index (χ4n) is 4.63. The lowest BCUT2D eigenvalue weighted by molar-refractivity contribution is 0.102.